The lowest BCUT2D eigenvalue weighted by Crippen LogP contribution is -1.98. The Morgan fingerprint density at radius 3 is 2.61 bits per heavy atom. The topological polar surface area (TPSA) is 38.7 Å². The maximum absolute atomic E-state index is 5.80. The smallest absolute Gasteiger partial charge is 0.133 e. The molecule has 0 aliphatic carbocycles. The molecule has 3 nitrogen and oxygen atoms in total. The van der Waals surface area contributed by atoms with Gasteiger partial charge in [-0.3, -0.25) is 0 Å². The molecular formula is C12H11BrClN3S. The third-order valence-corrected chi connectivity index (χ3v) is 3.61. The Morgan fingerprint density at radius 2 is 2.00 bits per heavy atom. The zero-order valence-electron chi connectivity index (χ0n) is 9.89. The van der Waals surface area contributed by atoms with Crippen LogP contribution in [-0.2, 0) is 0 Å². The highest BCUT2D eigenvalue weighted by atomic mass is 79.9. The van der Waals surface area contributed by atoms with Crippen molar-refractivity contribution in [3.63, 3.8) is 0 Å². The summed E-state index contributed by atoms with van der Waals surface area (Å²) in [6.07, 6.45) is 1.63. The lowest BCUT2D eigenvalue weighted by molar-refractivity contribution is 0.747. The van der Waals surface area contributed by atoms with Crippen molar-refractivity contribution in [2.75, 3.05) is 0 Å². The molecule has 0 amide bonds. The van der Waals surface area contributed by atoms with Crippen LogP contribution in [0.1, 0.15) is 25.6 Å². The van der Waals surface area contributed by atoms with Crippen LogP contribution in [0.3, 0.4) is 0 Å². The fourth-order valence-corrected chi connectivity index (χ4v) is 2.68. The number of pyridine rings is 1. The van der Waals surface area contributed by atoms with E-state index in [-0.39, 0.29) is 0 Å². The average molecular weight is 345 g/mol. The van der Waals surface area contributed by atoms with Crippen molar-refractivity contribution in [3.05, 3.63) is 39.8 Å². The molecule has 0 aromatic carbocycles. The van der Waals surface area contributed by atoms with Gasteiger partial charge in [-0.15, -0.1) is 0 Å². The molecule has 0 aliphatic heterocycles. The number of aromatic nitrogens is 3. The van der Waals surface area contributed by atoms with Crippen molar-refractivity contribution in [2.45, 2.75) is 29.8 Å². The summed E-state index contributed by atoms with van der Waals surface area (Å²) < 4.78 is 0.790. The summed E-state index contributed by atoms with van der Waals surface area (Å²) >= 11 is 10.7. The van der Waals surface area contributed by atoms with Crippen molar-refractivity contribution >= 4 is 39.3 Å². The van der Waals surface area contributed by atoms with Crippen molar-refractivity contribution in [3.8, 4) is 0 Å². The monoisotopic (exact) mass is 343 g/mol. The third-order valence-electron chi connectivity index (χ3n) is 2.11. The summed E-state index contributed by atoms with van der Waals surface area (Å²) in [5.41, 5.74) is 0. The quantitative estimate of drug-likeness (QED) is 0.765. The number of hydrogen-bond acceptors (Lipinski definition) is 4. The summed E-state index contributed by atoms with van der Waals surface area (Å²) in [5.74, 6) is 1.11. The normalized spacial score (nSPS) is 10.9. The van der Waals surface area contributed by atoms with Crippen LogP contribution in [0.2, 0.25) is 5.02 Å². The average Bonchev–Trinajstić information content (AvgIpc) is 2.31. The Balaban J connectivity index is 2.26. The first-order chi connectivity index (χ1) is 8.54. The molecule has 2 rings (SSSR count). The van der Waals surface area contributed by atoms with E-state index in [1.807, 2.05) is 18.2 Å². The largest absolute Gasteiger partial charge is 0.248 e. The van der Waals surface area contributed by atoms with Crippen LogP contribution in [0.15, 0.2) is 39.1 Å². The van der Waals surface area contributed by atoms with Gasteiger partial charge in [-0.25, -0.2) is 15.0 Å². The first kappa shape index (κ1) is 13.8. The van der Waals surface area contributed by atoms with Gasteiger partial charge in [-0.05, 0) is 39.8 Å². The Labute approximate surface area is 124 Å². The van der Waals surface area contributed by atoms with E-state index >= 15 is 0 Å². The molecule has 2 heterocycles. The highest BCUT2D eigenvalue weighted by molar-refractivity contribution is 9.10. The molecule has 0 spiro atoms. The van der Waals surface area contributed by atoms with Gasteiger partial charge < -0.3 is 0 Å². The van der Waals surface area contributed by atoms with E-state index < -0.39 is 0 Å². The summed E-state index contributed by atoms with van der Waals surface area (Å²) in [5, 5.41) is 2.36. The fraction of sp³-hybridized carbons (Fsp3) is 0.250. The number of nitrogens with zero attached hydrogens (tertiary/aromatic N) is 3. The van der Waals surface area contributed by atoms with E-state index in [4.69, 9.17) is 11.6 Å². The summed E-state index contributed by atoms with van der Waals surface area (Å²) in [7, 11) is 0. The molecule has 2 aromatic heterocycles. The van der Waals surface area contributed by atoms with Gasteiger partial charge in [0, 0.05) is 18.2 Å². The van der Waals surface area contributed by atoms with Crippen molar-refractivity contribution in [1.29, 1.82) is 0 Å². The van der Waals surface area contributed by atoms with Gasteiger partial charge in [0.1, 0.15) is 20.5 Å². The molecule has 0 fully saturated rings. The maximum Gasteiger partial charge on any atom is 0.133 e. The van der Waals surface area contributed by atoms with Crippen LogP contribution in [0.25, 0.3) is 0 Å². The van der Waals surface area contributed by atoms with Gasteiger partial charge in [-0.2, -0.15) is 0 Å². The van der Waals surface area contributed by atoms with Crippen LogP contribution in [-0.4, -0.2) is 15.0 Å². The molecule has 0 saturated carbocycles. The van der Waals surface area contributed by atoms with Gasteiger partial charge in [-0.1, -0.05) is 25.4 Å². The predicted molar refractivity (Wildman–Crippen MR) is 77.2 cm³/mol. The molecule has 0 atom stereocenters. The zero-order chi connectivity index (χ0) is 13.1. The number of rotatable bonds is 3. The Morgan fingerprint density at radius 1 is 1.22 bits per heavy atom. The molecule has 0 bridgehead atoms. The minimum Gasteiger partial charge on any atom is -0.248 e. The van der Waals surface area contributed by atoms with Crippen molar-refractivity contribution in [2.24, 2.45) is 0 Å². The minimum absolute atomic E-state index is 0.292. The third kappa shape index (κ3) is 3.67. The minimum atomic E-state index is 0.292. The van der Waals surface area contributed by atoms with Gasteiger partial charge in [0.05, 0.1) is 5.02 Å². The van der Waals surface area contributed by atoms with Crippen LogP contribution >= 0.6 is 39.3 Å². The van der Waals surface area contributed by atoms with Crippen LogP contribution in [0, 0.1) is 0 Å². The highest BCUT2D eigenvalue weighted by Gasteiger charge is 2.08. The molecule has 18 heavy (non-hydrogen) atoms. The number of halogens is 2. The molecule has 0 saturated heterocycles. The number of hydrogen-bond donors (Lipinski definition) is 0. The molecule has 94 valence electrons. The lowest BCUT2D eigenvalue weighted by atomic mass is 10.2. The van der Waals surface area contributed by atoms with E-state index in [1.165, 1.54) is 11.8 Å². The maximum atomic E-state index is 5.80. The predicted octanol–water partition coefficient (Wildman–Crippen LogP) is 4.56. The van der Waals surface area contributed by atoms with Crippen LogP contribution in [0.5, 0.6) is 0 Å². The molecule has 0 N–H and O–H groups in total. The van der Waals surface area contributed by atoms with E-state index in [0.29, 0.717) is 10.9 Å². The van der Waals surface area contributed by atoms with Crippen LogP contribution < -0.4 is 0 Å². The van der Waals surface area contributed by atoms with Gasteiger partial charge in [0.2, 0.25) is 0 Å². The van der Waals surface area contributed by atoms with Gasteiger partial charge in [0.15, 0.2) is 0 Å². The summed E-state index contributed by atoms with van der Waals surface area (Å²) in [4.78, 5) is 13.1. The fourth-order valence-electron chi connectivity index (χ4n) is 1.25. The molecule has 0 radical (unpaired) electrons. The molecule has 6 heteroatoms. The summed E-state index contributed by atoms with van der Waals surface area (Å²) in [6.45, 7) is 4.13. The zero-order valence-corrected chi connectivity index (χ0v) is 13.1. The van der Waals surface area contributed by atoms with E-state index in [1.54, 1.807) is 6.20 Å². The Kier molecular flexibility index (Phi) is 4.59. The standard InChI is InChI=1S/C12H11BrClN3S/c1-7(2)12-16-9(13)5-11(17-12)18-10-4-3-8(14)6-15-10/h3-7H,1-2H3. The van der Waals surface area contributed by atoms with E-state index in [9.17, 15) is 0 Å². The van der Waals surface area contributed by atoms with Crippen LogP contribution in [0.4, 0.5) is 0 Å². The Bertz CT molecular complexity index is 546. The van der Waals surface area contributed by atoms with E-state index in [0.717, 1.165) is 20.5 Å². The second kappa shape index (κ2) is 5.99. The molecule has 0 unspecified atom stereocenters. The Hall–Kier alpha value is -0.650. The summed E-state index contributed by atoms with van der Waals surface area (Å²) in [6, 6.07) is 5.57. The van der Waals surface area contributed by atoms with Crippen molar-refractivity contribution < 1.29 is 0 Å². The molecule has 0 aliphatic rings. The lowest BCUT2D eigenvalue weighted by Gasteiger charge is -2.06. The molecular weight excluding hydrogens is 334 g/mol. The van der Waals surface area contributed by atoms with E-state index in [2.05, 4.69) is 44.7 Å². The SMILES string of the molecule is CC(C)c1nc(Br)cc(Sc2ccc(Cl)cn2)n1. The molecule has 2 aromatic rings. The first-order valence-electron chi connectivity index (χ1n) is 5.38. The van der Waals surface area contributed by atoms with Gasteiger partial charge in [0.25, 0.3) is 0 Å². The first-order valence-corrected chi connectivity index (χ1v) is 7.37. The second-order valence-corrected chi connectivity index (χ2v) is 6.25. The highest BCUT2D eigenvalue weighted by Crippen LogP contribution is 2.27. The van der Waals surface area contributed by atoms with Gasteiger partial charge >= 0.3 is 0 Å². The second-order valence-electron chi connectivity index (χ2n) is 3.96. The van der Waals surface area contributed by atoms with Crippen molar-refractivity contribution in [1.82, 2.24) is 15.0 Å².